The molecule has 2 amide bonds. The average Bonchev–Trinajstić information content (AvgIpc) is 3.17. The van der Waals surface area contributed by atoms with Crippen molar-refractivity contribution in [3.8, 4) is 0 Å². The summed E-state index contributed by atoms with van der Waals surface area (Å²) in [6, 6.07) is 4.18. The number of thiazole rings is 1. The molecule has 0 saturated carbocycles. The van der Waals surface area contributed by atoms with Crippen molar-refractivity contribution in [2.45, 2.75) is 60.2 Å². The standard InChI is InChI=1S/C23H31BrN4O4S/c1-6-14(2)19(25)21(31)32-13-28-9-10-33-22(28)27-20(30)15-7-8-17(16(24)11-15)26-18(29)12-23(3,4)5/h7-11,14,19H,6,12-13,25H2,1-5H3,(H,26,29)/b27-22-. The van der Waals surface area contributed by atoms with E-state index < -0.39 is 17.9 Å². The Kier molecular flexibility index (Phi) is 9.57. The molecular formula is C23H31BrN4O4S. The summed E-state index contributed by atoms with van der Waals surface area (Å²) in [5, 5.41) is 4.60. The molecule has 2 unspecified atom stereocenters. The third-order valence-corrected chi connectivity index (χ3v) is 6.36. The van der Waals surface area contributed by atoms with Crippen molar-refractivity contribution in [3.63, 3.8) is 0 Å². The van der Waals surface area contributed by atoms with Crippen LogP contribution in [-0.4, -0.2) is 28.4 Å². The van der Waals surface area contributed by atoms with Crippen molar-refractivity contribution in [2.75, 3.05) is 5.32 Å². The molecule has 2 aromatic rings. The summed E-state index contributed by atoms with van der Waals surface area (Å²) in [6.07, 6.45) is 2.83. The van der Waals surface area contributed by atoms with Crippen LogP contribution in [0.5, 0.6) is 0 Å². The highest BCUT2D eigenvalue weighted by Crippen LogP contribution is 2.26. The van der Waals surface area contributed by atoms with E-state index in [4.69, 9.17) is 10.5 Å². The number of ether oxygens (including phenoxy) is 1. The van der Waals surface area contributed by atoms with Crippen LogP contribution in [0.15, 0.2) is 39.2 Å². The van der Waals surface area contributed by atoms with Crippen LogP contribution in [0.3, 0.4) is 0 Å². The van der Waals surface area contributed by atoms with Crippen LogP contribution >= 0.6 is 27.3 Å². The molecule has 0 fully saturated rings. The predicted octanol–water partition coefficient (Wildman–Crippen LogP) is 4.30. The molecule has 0 aliphatic heterocycles. The van der Waals surface area contributed by atoms with Gasteiger partial charge in [0.1, 0.15) is 6.04 Å². The molecule has 0 bridgehead atoms. The van der Waals surface area contributed by atoms with E-state index in [2.05, 4.69) is 26.2 Å². The zero-order valence-corrected chi connectivity index (χ0v) is 22.0. The van der Waals surface area contributed by atoms with Gasteiger partial charge in [-0.05, 0) is 45.5 Å². The summed E-state index contributed by atoms with van der Waals surface area (Å²) < 4.78 is 7.44. The van der Waals surface area contributed by atoms with Crippen molar-refractivity contribution < 1.29 is 19.1 Å². The van der Waals surface area contributed by atoms with E-state index in [0.717, 1.165) is 6.42 Å². The monoisotopic (exact) mass is 538 g/mol. The van der Waals surface area contributed by atoms with Gasteiger partial charge in [0.05, 0.1) is 5.69 Å². The lowest BCUT2D eigenvalue weighted by Crippen LogP contribution is -2.38. The Balaban J connectivity index is 2.10. The first kappa shape index (κ1) is 26.9. The molecule has 0 aliphatic carbocycles. The fraction of sp³-hybridized carbons (Fsp3) is 0.478. The largest absolute Gasteiger partial charge is 0.443 e. The zero-order chi connectivity index (χ0) is 24.8. The number of esters is 1. The van der Waals surface area contributed by atoms with Gasteiger partial charge in [0, 0.05) is 28.0 Å². The van der Waals surface area contributed by atoms with Crippen molar-refractivity contribution in [3.05, 3.63) is 44.6 Å². The van der Waals surface area contributed by atoms with E-state index in [1.165, 1.54) is 11.3 Å². The van der Waals surface area contributed by atoms with Gasteiger partial charge in [0.25, 0.3) is 5.91 Å². The normalized spacial score (nSPS) is 14.0. The van der Waals surface area contributed by atoms with Crippen molar-refractivity contribution in [1.29, 1.82) is 0 Å². The fourth-order valence-electron chi connectivity index (χ4n) is 2.78. The number of nitrogens with two attached hydrogens (primary N) is 1. The van der Waals surface area contributed by atoms with Crippen LogP contribution in [0, 0.1) is 11.3 Å². The minimum Gasteiger partial charge on any atom is -0.443 e. The van der Waals surface area contributed by atoms with Gasteiger partial charge in [-0.3, -0.25) is 19.0 Å². The Morgan fingerprint density at radius 1 is 1.30 bits per heavy atom. The van der Waals surface area contributed by atoms with E-state index in [0.29, 0.717) is 26.9 Å². The lowest BCUT2D eigenvalue weighted by atomic mass is 9.92. The van der Waals surface area contributed by atoms with Gasteiger partial charge in [-0.25, -0.2) is 0 Å². The smallest absolute Gasteiger partial charge is 0.324 e. The van der Waals surface area contributed by atoms with Crippen LogP contribution in [-0.2, 0) is 21.1 Å². The van der Waals surface area contributed by atoms with Crippen molar-refractivity contribution >= 4 is 50.7 Å². The highest BCUT2D eigenvalue weighted by molar-refractivity contribution is 9.10. The molecule has 1 aromatic carbocycles. The van der Waals surface area contributed by atoms with E-state index in [9.17, 15) is 14.4 Å². The van der Waals surface area contributed by atoms with Crippen LogP contribution < -0.4 is 15.9 Å². The molecule has 0 saturated heterocycles. The molecule has 0 spiro atoms. The average molecular weight is 539 g/mol. The molecule has 0 radical (unpaired) electrons. The lowest BCUT2D eigenvalue weighted by Gasteiger charge is -2.17. The van der Waals surface area contributed by atoms with Gasteiger partial charge in [0.2, 0.25) is 5.91 Å². The molecular weight excluding hydrogens is 508 g/mol. The van der Waals surface area contributed by atoms with E-state index in [-0.39, 0.29) is 24.0 Å². The predicted molar refractivity (Wildman–Crippen MR) is 133 cm³/mol. The summed E-state index contributed by atoms with van der Waals surface area (Å²) in [4.78, 5) is 41.6. The summed E-state index contributed by atoms with van der Waals surface area (Å²) in [5.74, 6) is -1.04. The molecule has 33 heavy (non-hydrogen) atoms. The molecule has 10 heteroatoms. The van der Waals surface area contributed by atoms with Gasteiger partial charge >= 0.3 is 5.97 Å². The van der Waals surface area contributed by atoms with Crippen LogP contribution in [0.4, 0.5) is 5.69 Å². The number of nitrogens with zero attached hydrogens (tertiary/aromatic N) is 2. The Morgan fingerprint density at radius 2 is 2.00 bits per heavy atom. The fourth-order valence-corrected chi connectivity index (χ4v) is 3.97. The number of hydrogen-bond acceptors (Lipinski definition) is 6. The summed E-state index contributed by atoms with van der Waals surface area (Å²) >= 11 is 4.66. The maximum Gasteiger partial charge on any atom is 0.324 e. The van der Waals surface area contributed by atoms with Crippen LogP contribution in [0.25, 0.3) is 0 Å². The first-order chi connectivity index (χ1) is 15.4. The second kappa shape index (κ2) is 11.7. The van der Waals surface area contributed by atoms with Gasteiger partial charge in [-0.2, -0.15) is 4.99 Å². The molecule has 0 aliphatic rings. The third kappa shape index (κ3) is 8.21. The first-order valence-electron chi connectivity index (χ1n) is 10.7. The number of anilines is 1. The van der Waals surface area contributed by atoms with E-state index >= 15 is 0 Å². The van der Waals surface area contributed by atoms with Crippen LogP contribution in [0.1, 0.15) is 57.8 Å². The van der Waals surface area contributed by atoms with Crippen LogP contribution in [0.2, 0.25) is 0 Å². The number of halogens is 1. The highest BCUT2D eigenvalue weighted by Gasteiger charge is 2.21. The number of aromatic nitrogens is 1. The Morgan fingerprint density at radius 3 is 2.61 bits per heavy atom. The van der Waals surface area contributed by atoms with Gasteiger partial charge in [0.15, 0.2) is 11.5 Å². The quantitative estimate of drug-likeness (QED) is 0.486. The summed E-state index contributed by atoms with van der Waals surface area (Å²) in [7, 11) is 0. The number of rotatable bonds is 8. The number of carbonyl (C=O) groups is 3. The molecule has 1 heterocycles. The van der Waals surface area contributed by atoms with Crippen molar-refractivity contribution in [1.82, 2.24) is 4.57 Å². The maximum absolute atomic E-state index is 12.7. The number of carbonyl (C=O) groups excluding carboxylic acids is 3. The van der Waals surface area contributed by atoms with Gasteiger partial charge in [-0.15, -0.1) is 11.3 Å². The molecule has 2 atom stereocenters. The minimum absolute atomic E-state index is 0.00961. The number of nitrogens with one attached hydrogen (secondary N) is 1. The first-order valence-corrected chi connectivity index (χ1v) is 12.3. The zero-order valence-electron chi connectivity index (χ0n) is 19.6. The minimum atomic E-state index is -0.698. The Bertz CT molecular complexity index is 1070. The SMILES string of the molecule is CCC(C)C(N)C(=O)OCn1ccs/c1=N\C(=O)c1ccc(NC(=O)CC(C)(C)C)c(Br)c1. The third-order valence-electron chi connectivity index (χ3n) is 4.91. The highest BCUT2D eigenvalue weighted by atomic mass is 79.9. The van der Waals surface area contributed by atoms with Gasteiger partial charge in [-0.1, -0.05) is 41.0 Å². The second-order valence-corrected chi connectivity index (χ2v) is 10.8. The maximum atomic E-state index is 12.7. The lowest BCUT2D eigenvalue weighted by molar-refractivity contribution is -0.150. The topological polar surface area (TPSA) is 116 Å². The van der Waals surface area contributed by atoms with E-state index in [1.54, 1.807) is 34.3 Å². The molecule has 3 N–H and O–H groups in total. The number of amides is 2. The molecule has 180 valence electrons. The Hall–Kier alpha value is -2.30. The second-order valence-electron chi connectivity index (χ2n) is 9.06. The van der Waals surface area contributed by atoms with Crippen molar-refractivity contribution in [2.24, 2.45) is 22.1 Å². The summed E-state index contributed by atoms with van der Waals surface area (Å²) in [5.41, 5.74) is 6.71. The van der Waals surface area contributed by atoms with Gasteiger partial charge < -0.3 is 15.8 Å². The number of benzene rings is 1. The molecule has 2 rings (SSSR count). The Labute approximate surface area is 206 Å². The molecule has 1 aromatic heterocycles. The number of hydrogen-bond donors (Lipinski definition) is 2. The van der Waals surface area contributed by atoms with E-state index in [1.807, 2.05) is 34.6 Å². The summed E-state index contributed by atoms with van der Waals surface area (Å²) in [6.45, 7) is 9.73. The molecule has 8 nitrogen and oxygen atoms in total.